The van der Waals surface area contributed by atoms with Gasteiger partial charge in [0.2, 0.25) is 5.82 Å². The molecule has 0 saturated carbocycles. The van der Waals surface area contributed by atoms with Crippen molar-refractivity contribution in [2.75, 3.05) is 22.1 Å². The zero-order chi connectivity index (χ0) is 21.2. The van der Waals surface area contributed by atoms with Crippen LogP contribution >= 0.6 is 0 Å². The normalized spacial score (nSPS) is 17.1. The van der Waals surface area contributed by atoms with Crippen LogP contribution in [0.5, 0.6) is 0 Å². The number of hydrogen-bond donors (Lipinski definition) is 2. The fraction of sp³-hybridized carbons (Fsp3) is 0.476. The van der Waals surface area contributed by atoms with Gasteiger partial charge in [0.15, 0.2) is 0 Å². The van der Waals surface area contributed by atoms with Crippen molar-refractivity contribution in [1.82, 2.24) is 4.98 Å². The van der Waals surface area contributed by atoms with Crippen LogP contribution in [-0.2, 0) is 0 Å². The SMILES string of the molecule is CC1CCCCN1c1ccc(Nc2nc(NC(C)(C)C)ccc2[N+](=O)[O-])cc1F. The van der Waals surface area contributed by atoms with Crippen LogP contribution in [-0.4, -0.2) is 28.0 Å². The second-order valence-corrected chi connectivity index (χ2v) is 8.53. The molecule has 7 nitrogen and oxygen atoms in total. The third-order valence-corrected chi connectivity index (χ3v) is 4.90. The first kappa shape index (κ1) is 20.8. The van der Waals surface area contributed by atoms with Crippen LogP contribution in [0.25, 0.3) is 0 Å². The summed E-state index contributed by atoms with van der Waals surface area (Å²) >= 11 is 0. The minimum atomic E-state index is -0.504. The lowest BCUT2D eigenvalue weighted by atomic mass is 10.0. The molecule has 1 aliphatic heterocycles. The van der Waals surface area contributed by atoms with Crippen LogP contribution in [0, 0.1) is 15.9 Å². The van der Waals surface area contributed by atoms with E-state index in [0.717, 1.165) is 25.8 Å². The Balaban J connectivity index is 1.87. The van der Waals surface area contributed by atoms with Gasteiger partial charge < -0.3 is 15.5 Å². The monoisotopic (exact) mass is 401 g/mol. The fourth-order valence-electron chi connectivity index (χ4n) is 3.56. The van der Waals surface area contributed by atoms with Crippen molar-refractivity contribution in [3.05, 3.63) is 46.3 Å². The van der Waals surface area contributed by atoms with Gasteiger partial charge in [0, 0.05) is 29.9 Å². The highest BCUT2D eigenvalue weighted by Crippen LogP contribution is 2.32. The van der Waals surface area contributed by atoms with E-state index in [1.807, 2.05) is 20.8 Å². The van der Waals surface area contributed by atoms with Crippen LogP contribution in [0.3, 0.4) is 0 Å². The zero-order valence-electron chi connectivity index (χ0n) is 17.3. The van der Waals surface area contributed by atoms with Crippen molar-refractivity contribution in [1.29, 1.82) is 0 Å². The average Bonchev–Trinajstić information content (AvgIpc) is 2.61. The minimum absolute atomic E-state index is 0.0720. The Kier molecular flexibility index (Phi) is 5.91. The molecule has 0 bridgehead atoms. The van der Waals surface area contributed by atoms with Crippen LogP contribution in [0.2, 0.25) is 0 Å². The molecule has 1 aromatic carbocycles. The molecule has 3 rings (SSSR count). The predicted octanol–water partition coefficient (Wildman–Crippen LogP) is 5.46. The van der Waals surface area contributed by atoms with E-state index in [-0.39, 0.29) is 22.9 Å². The van der Waals surface area contributed by atoms with Crippen molar-refractivity contribution in [2.45, 2.75) is 58.5 Å². The van der Waals surface area contributed by atoms with Crippen LogP contribution in [0.15, 0.2) is 30.3 Å². The number of nitrogens with zero attached hydrogens (tertiary/aromatic N) is 3. The average molecular weight is 401 g/mol. The van der Waals surface area contributed by atoms with Crippen molar-refractivity contribution in [3.63, 3.8) is 0 Å². The molecule has 0 amide bonds. The summed E-state index contributed by atoms with van der Waals surface area (Å²) < 4.78 is 14.8. The highest BCUT2D eigenvalue weighted by atomic mass is 19.1. The van der Waals surface area contributed by atoms with Crippen molar-refractivity contribution >= 4 is 28.7 Å². The number of nitro groups is 1. The molecular formula is C21H28FN5O2. The van der Waals surface area contributed by atoms with E-state index >= 15 is 0 Å². The maximum atomic E-state index is 14.8. The van der Waals surface area contributed by atoms with Crippen molar-refractivity contribution in [2.24, 2.45) is 0 Å². The molecule has 156 valence electrons. The Labute approximate surface area is 170 Å². The van der Waals surface area contributed by atoms with E-state index in [0.29, 0.717) is 23.2 Å². The summed E-state index contributed by atoms with van der Waals surface area (Å²) in [6.07, 6.45) is 3.25. The largest absolute Gasteiger partial charge is 0.366 e. The van der Waals surface area contributed by atoms with E-state index in [9.17, 15) is 14.5 Å². The number of hydrogen-bond acceptors (Lipinski definition) is 6. The number of nitrogens with one attached hydrogen (secondary N) is 2. The van der Waals surface area contributed by atoms with Gasteiger partial charge in [-0.1, -0.05) is 0 Å². The molecule has 0 radical (unpaired) electrons. The molecule has 2 aromatic rings. The maximum absolute atomic E-state index is 14.8. The molecule has 1 atom stereocenters. The zero-order valence-corrected chi connectivity index (χ0v) is 17.3. The number of rotatable bonds is 5. The first-order chi connectivity index (χ1) is 13.6. The molecule has 0 spiro atoms. The molecule has 1 unspecified atom stereocenters. The van der Waals surface area contributed by atoms with Gasteiger partial charge in [-0.3, -0.25) is 10.1 Å². The van der Waals surface area contributed by atoms with E-state index < -0.39 is 4.92 Å². The minimum Gasteiger partial charge on any atom is -0.366 e. The van der Waals surface area contributed by atoms with Gasteiger partial charge in [0.25, 0.3) is 0 Å². The molecule has 1 saturated heterocycles. The van der Waals surface area contributed by atoms with E-state index in [2.05, 4.69) is 27.4 Å². The highest BCUT2D eigenvalue weighted by molar-refractivity contribution is 5.69. The fourth-order valence-corrected chi connectivity index (χ4v) is 3.56. The lowest BCUT2D eigenvalue weighted by molar-refractivity contribution is -0.384. The molecule has 1 aliphatic rings. The number of pyridine rings is 1. The van der Waals surface area contributed by atoms with Crippen LogP contribution in [0.1, 0.15) is 47.0 Å². The number of piperidine rings is 1. The van der Waals surface area contributed by atoms with Crippen LogP contribution < -0.4 is 15.5 Å². The molecule has 1 fully saturated rings. The summed E-state index contributed by atoms with van der Waals surface area (Å²) in [5.41, 5.74) is 0.561. The van der Waals surface area contributed by atoms with Gasteiger partial charge >= 0.3 is 5.69 Å². The van der Waals surface area contributed by atoms with Gasteiger partial charge in [-0.25, -0.2) is 9.37 Å². The molecule has 1 aromatic heterocycles. The second kappa shape index (κ2) is 8.23. The first-order valence-electron chi connectivity index (χ1n) is 9.91. The van der Waals surface area contributed by atoms with E-state index in [1.165, 1.54) is 12.1 Å². The summed E-state index contributed by atoms with van der Waals surface area (Å²) in [4.78, 5) is 17.3. The third kappa shape index (κ3) is 5.13. The Morgan fingerprint density at radius 3 is 2.62 bits per heavy atom. The lowest BCUT2D eigenvalue weighted by Crippen LogP contribution is -2.37. The predicted molar refractivity (Wildman–Crippen MR) is 115 cm³/mol. The number of halogens is 1. The summed E-state index contributed by atoms with van der Waals surface area (Å²) in [5.74, 6) is 0.225. The maximum Gasteiger partial charge on any atom is 0.311 e. The summed E-state index contributed by atoms with van der Waals surface area (Å²) in [7, 11) is 0. The van der Waals surface area contributed by atoms with Gasteiger partial charge in [-0.2, -0.15) is 0 Å². The van der Waals surface area contributed by atoms with Gasteiger partial charge in [0.05, 0.1) is 10.6 Å². The van der Waals surface area contributed by atoms with Gasteiger partial charge in [0.1, 0.15) is 11.6 Å². The molecule has 2 heterocycles. The number of anilines is 4. The summed E-state index contributed by atoms with van der Waals surface area (Å²) in [6.45, 7) is 8.85. The number of aromatic nitrogens is 1. The first-order valence-corrected chi connectivity index (χ1v) is 9.91. The third-order valence-electron chi connectivity index (χ3n) is 4.90. The van der Waals surface area contributed by atoms with Gasteiger partial charge in [-0.15, -0.1) is 0 Å². The van der Waals surface area contributed by atoms with Gasteiger partial charge in [-0.05, 0) is 71.2 Å². The van der Waals surface area contributed by atoms with Crippen LogP contribution in [0.4, 0.5) is 33.1 Å². The molecule has 29 heavy (non-hydrogen) atoms. The van der Waals surface area contributed by atoms with E-state index in [4.69, 9.17) is 0 Å². The Morgan fingerprint density at radius 1 is 1.24 bits per heavy atom. The quantitative estimate of drug-likeness (QED) is 0.511. The molecule has 0 aliphatic carbocycles. The van der Waals surface area contributed by atoms with E-state index in [1.54, 1.807) is 18.2 Å². The second-order valence-electron chi connectivity index (χ2n) is 8.53. The summed E-state index contributed by atoms with van der Waals surface area (Å²) in [6, 6.07) is 8.07. The Hall–Kier alpha value is -2.90. The van der Waals surface area contributed by atoms with Crippen molar-refractivity contribution < 1.29 is 9.31 Å². The molecule has 8 heteroatoms. The Bertz CT molecular complexity index is 897. The highest BCUT2D eigenvalue weighted by Gasteiger charge is 2.22. The smallest absolute Gasteiger partial charge is 0.311 e. The standard InChI is InChI=1S/C21H28FN5O2/c1-14-7-5-6-12-26(14)17-9-8-15(13-16(17)22)23-20-18(27(28)29)10-11-19(24-20)25-21(2,3)4/h8-11,13-14H,5-7,12H2,1-4H3,(H2,23,24,25). The lowest BCUT2D eigenvalue weighted by Gasteiger charge is -2.35. The number of benzene rings is 1. The molecule has 2 N–H and O–H groups in total. The molecular weight excluding hydrogens is 373 g/mol. The van der Waals surface area contributed by atoms with Crippen molar-refractivity contribution in [3.8, 4) is 0 Å². The summed E-state index contributed by atoms with van der Waals surface area (Å²) in [5, 5.41) is 17.5. The topological polar surface area (TPSA) is 83.3 Å². The Morgan fingerprint density at radius 2 is 2.00 bits per heavy atom.